The lowest BCUT2D eigenvalue weighted by atomic mass is 9.88. The smallest absolute Gasteiger partial charge is 0.317 e. The van der Waals surface area contributed by atoms with Gasteiger partial charge in [0, 0.05) is 51.9 Å². The Balaban J connectivity index is 0.00000442. The van der Waals surface area contributed by atoms with Gasteiger partial charge in [-0.05, 0) is 67.2 Å². The van der Waals surface area contributed by atoms with Gasteiger partial charge in [0.05, 0.1) is 4.90 Å². The number of nitrogens with one attached hydrogen (secondary N) is 1. The fourth-order valence-corrected chi connectivity index (χ4v) is 8.37. The van der Waals surface area contributed by atoms with E-state index in [1.807, 2.05) is 47.4 Å². The Morgan fingerprint density at radius 2 is 1.45 bits per heavy atom. The topological polar surface area (TPSA) is 73.0 Å². The van der Waals surface area contributed by atoms with Crippen molar-refractivity contribution < 1.29 is 13.2 Å². The molecule has 1 heterocycles. The van der Waals surface area contributed by atoms with Crippen molar-refractivity contribution in [1.82, 2.24) is 19.4 Å². The van der Waals surface area contributed by atoms with E-state index in [0.29, 0.717) is 23.3 Å². The van der Waals surface area contributed by atoms with E-state index in [-0.39, 0.29) is 30.5 Å². The molecule has 3 aromatic rings. The number of halogens is 1. The summed E-state index contributed by atoms with van der Waals surface area (Å²) in [5.74, 6) is 0.663. The van der Waals surface area contributed by atoms with Crippen molar-refractivity contribution in [2.75, 3.05) is 33.2 Å². The van der Waals surface area contributed by atoms with E-state index >= 15 is 0 Å². The van der Waals surface area contributed by atoms with Gasteiger partial charge in [0.25, 0.3) is 0 Å². The molecule has 2 aliphatic rings. The molecular weight excluding hydrogens is 592 g/mol. The van der Waals surface area contributed by atoms with Crippen molar-refractivity contribution in [2.24, 2.45) is 5.92 Å². The molecule has 1 aliphatic carbocycles. The van der Waals surface area contributed by atoms with Crippen molar-refractivity contribution in [3.05, 3.63) is 102 Å². The summed E-state index contributed by atoms with van der Waals surface area (Å²) >= 11 is 0. The molecular formula is C35H47ClN4O3S. The van der Waals surface area contributed by atoms with Crippen LogP contribution >= 0.6 is 12.4 Å². The number of likely N-dealkylation sites (tertiary alicyclic amines) is 1. The number of nitrogens with zero attached hydrogens (tertiary/aromatic N) is 3. The minimum atomic E-state index is -3.56. The molecule has 0 spiro atoms. The second-order valence-electron chi connectivity index (χ2n) is 12.1. The second-order valence-corrected chi connectivity index (χ2v) is 14.1. The molecule has 1 aliphatic heterocycles. The first kappa shape index (κ1) is 34.0. The number of rotatable bonds is 11. The quantitative estimate of drug-likeness (QED) is 0.265. The number of benzene rings is 3. The highest BCUT2D eigenvalue weighted by Crippen LogP contribution is 2.43. The molecule has 3 aromatic carbocycles. The van der Waals surface area contributed by atoms with Crippen LogP contribution in [-0.4, -0.2) is 73.9 Å². The summed E-state index contributed by atoms with van der Waals surface area (Å²) in [4.78, 5) is 18.1. The maximum atomic E-state index is 13.5. The Hall–Kier alpha value is -2.91. The van der Waals surface area contributed by atoms with E-state index in [1.165, 1.54) is 5.56 Å². The maximum absolute atomic E-state index is 13.5. The first-order chi connectivity index (χ1) is 20.9. The minimum Gasteiger partial charge on any atom is -0.334 e. The normalized spacial score (nSPS) is 21.1. The van der Waals surface area contributed by atoms with Gasteiger partial charge in [0.1, 0.15) is 0 Å². The van der Waals surface area contributed by atoms with Gasteiger partial charge in [0.2, 0.25) is 10.0 Å². The molecule has 2 fully saturated rings. The van der Waals surface area contributed by atoms with Gasteiger partial charge in [-0.1, -0.05) is 85.8 Å². The highest BCUT2D eigenvalue weighted by Gasteiger charge is 2.41. The van der Waals surface area contributed by atoms with Crippen LogP contribution in [0.1, 0.15) is 56.1 Å². The van der Waals surface area contributed by atoms with E-state index in [1.54, 1.807) is 35.6 Å². The van der Waals surface area contributed by atoms with E-state index < -0.39 is 10.0 Å². The summed E-state index contributed by atoms with van der Waals surface area (Å²) in [6.07, 6.45) is 4.49. The molecule has 1 saturated carbocycles. The summed E-state index contributed by atoms with van der Waals surface area (Å²) in [6, 6.07) is 29.6. The van der Waals surface area contributed by atoms with E-state index in [0.717, 1.165) is 63.8 Å². The molecule has 3 unspecified atom stereocenters. The van der Waals surface area contributed by atoms with Crippen LogP contribution in [0.4, 0.5) is 4.79 Å². The van der Waals surface area contributed by atoms with Gasteiger partial charge in [-0.3, -0.25) is 0 Å². The number of sulfonamides is 1. The van der Waals surface area contributed by atoms with Crippen molar-refractivity contribution in [1.29, 1.82) is 0 Å². The standard InChI is InChI=1S/C35H46N4O3S.ClH/c1-3-21-39(35(40)36-26-28-13-7-4-8-14-28)31-19-22-38(23-20-31)27-30-24-32(25-34(30)29-15-9-5-10-16-29)37(2)43(41,42)33-17-11-6-12-18-33;/h4-18,30-32,34H,3,19-27H2,1-2H3,(H,36,40);1H. The van der Waals surface area contributed by atoms with Crippen molar-refractivity contribution >= 4 is 28.5 Å². The Labute approximate surface area is 270 Å². The fraction of sp³-hybridized carbons (Fsp3) is 0.457. The third-order valence-corrected chi connectivity index (χ3v) is 11.3. The Morgan fingerprint density at radius 3 is 2.07 bits per heavy atom. The summed E-state index contributed by atoms with van der Waals surface area (Å²) in [5, 5.41) is 3.13. The van der Waals surface area contributed by atoms with E-state index in [9.17, 15) is 13.2 Å². The molecule has 2 amide bonds. The summed E-state index contributed by atoms with van der Waals surface area (Å²) in [5.41, 5.74) is 2.40. The number of hydrogen-bond acceptors (Lipinski definition) is 4. The van der Waals surface area contributed by atoms with Crippen molar-refractivity contribution in [2.45, 2.75) is 68.5 Å². The zero-order valence-electron chi connectivity index (χ0n) is 25.9. The Morgan fingerprint density at radius 1 is 0.864 bits per heavy atom. The van der Waals surface area contributed by atoms with Crippen LogP contribution < -0.4 is 5.32 Å². The molecule has 44 heavy (non-hydrogen) atoms. The summed E-state index contributed by atoms with van der Waals surface area (Å²) in [7, 11) is -1.82. The average molecular weight is 639 g/mol. The van der Waals surface area contributed by atoms with Crippen LogP contribution in [0.25, 0.3) is 0 Å². The molecule has 0 bridgehead atoms. The predicted molar refractivity (Wildman–Crippen MR) is 179 cm³/mol. The van der Waals surface area contributed by atoms with Crippen LogP contribution in [0.2, 0.25) is 0 Å². The first-order valence-electron chi connectivity index (χ1n) is 15.8. The van der Waals surface area contributed by atoms with Gasteiger partial charge in [-0.2, -0.15) is 4.31 Å². The minimum absolute atomic E-state index is 0. The predicted octanol–water partition coefficient (Wildman–Crippen LogP) is 6.38. The molecule has 9 heteroatoms. The number of urea groups is 1. The molecule has 1 N–H and O–H groups in total. The van der Waals surface area contributed by atoms with Crippen LogP contribution in [0.15, 0.2) is 95.9 Å². The Kier molecular flexibility index (Phi) is 12.3. The SMILES string of the molecule is CCCN(C(=O)NCc1ccccc1)C1CCN(CC2CC(N(C)S(=O)(=O)c3ccccc3)CC2c2ccccc2)CC1.Cl. The van der Waals surface area contributed by atoms with Crippen molar-refractivity contribution in [3.63, 3.8) is 0 Å². The number of carbonyl (C=O) groups excluding carboxylic acids is 1. The molecule has 1 saturated heterocycles. The highest BCUT2D eigenvalue weighted by atomic mass is 35.5. The van der Waals surface area contributed by atoms with Crippen LogP contribution in [0.5, 0.6) is 0 Å². The number of piperidine rings is 1. The third kappa shape index (κ3) is 8.21. The molecule has 0 radical (unpaired) electrons. The van der Waals surface area contributed by atoms with Gasteiger partial charge in [-0.15, -0.1) is 12.4 Å². The highest BCUT2D eigenvalue weighted by molar-refractivity contribution is 7.89. The third-order valence-electron chi connectivity index (χ3n) is 9.33. The van der Waals surface area contributed by atoms with Crippen LogP contribution in [0, 0.1) is 5.92 Å². The van der Waals surface area contributed by atoms with Gasteiger partial charge in [-0.25, -0.2) is 13.2 Å². The zero-order chi connectivity index (χ0) is 30.2. The van der Waals surface area contributed by atoms with Gasteiger partial charge >= 0.3 is 6.03 Å². The molecule has 3 atom stereocenters. The maximum Gasteiger partial charge on any atom is 0.317 e. The Bertz CT molecular complexity index is 1400. The molecule has 0 aromatic heterocycles. The van der Waals surface area contributed by atoms with Crippen molar-refractivity contribution in [3.8, 4) is 0 Å². The van der Waals surface area contributed by atoms with Crippen LogP contribution in [-0.2, 0) is 16.6 Å². The summed E-state index contributed by atoms with van der Waals surface area (Å²) < 4.78 is 28.6. The molecule has 7 nitrogen and oxygen atoms in total. The largest absolute Gasteiger partial charge is 0.334 e. The summed E-state index contributed by atoms with van der Waals surface area (Å²) in [6.45, 7) is 6.25. The zero-order valence-corrected chi connectivity index (χ0v) is 27.6. The van der Waals surface area contributed by atoms with Gasteiger partial charge in [0.15, 0.2) is 0 Å². The number of amides is 2. The lowest BCUT2D eigenvalue weighted by molar-refractivity contribution is 0.109. The number of carbonyl (C=O) groups is 1. The van der Waals surface area contributed by atoms with Crippen LogP contribution in [0.3, 0.4) is 0 Å². The first-order valence-corrected chi connectivity index (χ1v) is 17.2. The average Bonchev–Trinajstić information content (AvgIpc) is 3.47. The lowest BCUT2D eigenvalue weighted by Gasteiger charge is -2.39. The molecule has 238 valence electrons. The number of hydrogen-bond donors (Lipinski definition) is 1. The second kappa shape index (κ2) is 15.9. The van der Waals surface area contributed by atoms with E-state index in [2.05, 4.69) is 41.4 Å². The fourth-order valence-electron chi connectivity index (χ4n) is 6.97. The molecule has 5 rings (SSSR count). The lowest BCUT2D eigenvalue weighted by Crippen LogP contribution is -2.51. The van der Waals surface area contributed by atoms with Gasteiger partial charge < -0.3 is 15.1 Å². The monoisotopic (exact) mass is 638 g/mol. The van der Waals surface area contributed by atoms with E-state index in [4.69, 9.17) is 0 Å².